The molecule has 2 aromatic rings. The molecule has 100 valence electrons. The first-order valence-electron chi connectivity index (χ1n) is 6.26. The fourth-order valence-corrected chi connectivity index (χ4v) is 2.08. The van der Waals surface area contributed by atoms with Crippen molar-refractivity contribution in [2.24, 2.45) is 0 Å². The highest BCUT2D eigenvalue weighted by Gasteiger charge is 2.15. The first-order chi connectivity index (χ1) is 9.13. The summed E-state index contributed by atoms with van der Waals surface area (Å²) >= 11 is 0. The minimum Gasteiger partial charge on any atom is -0.478 e. The molecule has 0 aliphatic rings. The lowest BCUT2D eigenvalue weighted by atomic mass is 10.1. The molecule has 19 heavy (non-hydrogen) atoms. The molecule has 1 unspecified atom stereocenters. The van der Waals surface area contributed by atoms with Crippen molar-refractivity contribution in [2.45, 2.75) is 26.3 Å². The molecule has 0 bridgehead atoms. The second kappa shape index (κ2) is 5.61. The highest BCUT2D eigenvalue weighted by Crippen LogP contribution is 2.26. The summed E-state index contributed by atoms with van der Waals surface area (Å²) in [5, 5.41) is 12.5. The zero-order valence-electron chi connectivity index (χ0n) is 11.0. The van der Waals surface area contributed by atoms with Gasteiger partial charge in [-0.3, -0.25) is 0 Å². The third-order valence-electron chi connectivity index (χ3n) is 3.19. The molecule has 1 atom stereocenters. The van der Waals surface area contributed by atoms with Gasteiger partial charge in [-0.1, -0.05) is 13.0 Å². The van der Waals surface area contributed by atoms with Gasteiger partial charge in [-0.15, -0.1) is 0 Å². The van der Waals surface area contributed by atoms with Crippen LogP contribution in [-0.4, -0.2) is 11.1 Å². The average Bonchev–Trinajstić information content (AvgIpc) is 2.91. The highest BCUT2D eigenvalue weighted by atomic mass is 16.4. The normalized spacial score (nSPS) is 12.1. The Labute approximate surface area is 112 Å². The Bertz CT molecular complexity index is 561. The second-order valence-electron chi connectivity index (χ2n) is 4.40. The maximum absolute atomic E-state index is 11.1. The van der Waals surface area contributed by atoms with E-state index in [-0.39, 0.29) is 6.04 Å². The van der Waals surface area contributed by atoms with E-state index >= 15 is 0 Å². The van der Waals surface area contributed by atoms with Gasteiger partial charge in [0.15, 0.2) is 0 Å². The van der Waals surface area contributed by atoms with Gasteiger partial charge in [-0.25, -0.2) is 4.79 Å². The Balaban J connectivity index is 2.28. The molecule has 0 saturated heterocycles. The number of rotatable bonds is 5. The summed E-state index contributed by atoms with van der Waals surface area (Å²) in [5.41, 5.74) is 1.88. The van der Waals surface area contributed by atoms with Crippen LogP contribution < -0.4 is 5.32 Å². The van der Waals surface area contributed by atoms with Crippen molar-refractivity contribution in [3.05, 3.63) is 53.5 Å². The van der Waals surface area contributed by atoms with Crippen molar-refractivity contribution in [2.75, 3.05) is 5.32 Å². The van der Waals surface area contributed by atoms with Crippen LogP contribution in [0.5, 0.6) is 0 Å². The number of furan rings is 1. The van der Waals surface area contributed by atoms with Crippen LogP contribution in [0, 0.1) is 6.92 Å². The van der Waals surface area contributed by atoms with Gasteiger partial charge in [0, 0.05) is 5.69 Å². The predicted molar refractivity (Wildman–Crippen MR) is 73.5 cm³/mol. The summed E-state index contributed by atoms with van der Waals surface area (Å²) in [6.07, 6.45) is 2.49. The van der Waals surface area contributed by atoms with Crippen molar-refractivity contribution >= 4 is 11.7 Å². The number of hydrogen-bond acceptors (Lipinski definition) is 3. The van der Waals surface area contributed by atoms with E-state index in [2.05, 4.69) is 12.2 Å². The minimum atomic E-state index is -0.910. The molecule has 2 N–H and O–H groups in total. The van der Waals surface area contributed by atoms with Crippen LogP contribution in [0.4, 0.5) is 5.69 Å². The highest BCUT2D eigenvalue weighted by molar-refractivity contribution is 5.91. The monoisotopic (exact) mass is 259 g/mol. The van der Waals surface area contributed by atoms with Crippen LogP contribution >= 0.6 is 0 Å². The maximum Gasteiger partial charge on any atom is 0.336 e. The topological polar surface area (TPSA) is 62.5 Å². The fraction of sp³-hybridized carbons (Fsp3) is 0.267. The standard InChI is InChI=1S/C15H17NO3/c1-3-12(14-8-5-9-19-14)16-13-7-4-6-11(10(13)2)15(17)18/h4-9,12,16H,3H2,1-2H3,(H,17,18). The average molecular weight is 259 g/mol. The van der Waals surface area contributed by atoms with Crippen LogP contribution in [0.25, 0.3) is 0 Å². The summed E-state index contributed by atoms with van der Waals surface area (Å²) in [7, 11) is 0. The van der Waals surface area contributed by atoms with Crippen LogP contribution in [0.3, 0.4) is 0 Å². The number of aromatic carboxylic acids is 1. The van der Waals surface area contributed by atoms with E-state index in [4.69, 9.17) is 9.52 Å². The van der Waals surface area contributed by atoms with Crippen LogP contribution in [0.15, 0.2) is 41.0 Å². The molecule has 0 aliphatic carbocycles. The number of benzene rings is 1. The van der Waals surface area contributed by atoms with Gasteiger partial charge >= 0.3 is 5.97 Å². The molecule has 0 spiro atoms. The minimum absolute atomic E-state index is 0.0396. The Kier molecular flexibility index (Phi) is 3.90. The van der Waals surface area contributed by atoms with Crippen molar-refractivity contribution < 1.29 is 14.3 Å². The summed E-state index contributed by atoms with van der Waals surface area (Å²) in [6, 6.07) is 9.04. The van der Waals surface area contributed by atoms with E-state index in [0.29, 0.717) is 5.56 Å². The second-order valence-corrected chi connectivity index (χ2v) is 4.40. The molecule has 1 heterocycles. The zero-order chi connectivity index (χ0) is 13.8. The molecule has 1 aromatic heterocycles. The van der Waals surface area contributed by atoms with E-state index in [1.807, 2.05) is 18.2 Å². The summed E-state index contributed by atoms with van der Waals surface area (Å²) in [4.78, 5) is 11.1. The summed E-state index contributed by atoms with van der Waals surface area (Å²) in [6.45, 7) is 3.86. The molecule has 1 aromatic carbocycles. The Hall–Kier alpha value is -2.23. The van der Waals surface area contributed by atoms with Crippen molar-refractivity contribution in [1.82, 2.24) is 0 Å². The van der Waals surface area contributed by atoms with E-state index in [0.717, 1.165) is 23.4 Å². The molecule has 4 heteroatoms. The largest absolute Gasteiger partial charge is 0.478 e. The molecule has 0 aliphatic heterocycles. The quantitative estimate of drug-likeness (QED) is 0.856. The van der Waals surface area contributed by atoms with Crippen LogP contribution in [-0.2, 0) is 0 Å². The smallest absolute Gasteiger partial charge is 0.336 e. The SMILES string of the molecule is CCC(Nc1cccc(C(=O)O)c1C)c1ccco1. The van der Waals surface area contributed by atoms with E-state index in [1.54, 1.807) is 25.3 Å². The lowest BCUT2D eigenvalue weighted by Gasteiger charge is -2.18. The van der Waals surface area contributed by atoms with E-state index < -0.39 is 5.97 Å². The van der Waals surface area contributed by atoms with Crippen molar-refractivity contribution in [3.8, 4) is 0 Å². The molecule has 2 rings (SSSR count). The number of carboxylic acid groups (broad SMARTS) is 1. The lowest BCUT2D eigenvalue weighted by Crippen LogP contribution is -2.11. The molecule has 0 radical (unpaired) electrons. The van der Waals surface area contributed by atoms with Crippen LogP contribution in [0.1, 0.15) is 41.1 Å². The van der Waals surface area contributed by atoms with Gasteiger partial charge in [0.25, 0.3) is 0 Å². The number of carboxylic acids is 1. The Morgan fingerprint density at radius 2 is 2.16 bits per heavy atom. The van der Waals surface area contributed by atoms with Gasteiger partial charge in [0.2, 0.25) is 0 Å². The van der Waals surface area contributed by atoms with Gasteiger partial charge in [-0.05, 0) is 43.2 Å². The van der Waals surface area contributed by atoms with E-state index in [1.165, 1.54) is 0 Å². The number of hydrogen-bond donors (Lipinski definition) is 2. The summed E-state index contributed by atoms with van der Waals surface area (Å²) < 4.78 is 5.40. The van der Waals surface area contributed by atoms with E-state index in [9.17, 15) is 4.79 Å². The molecule has 0 amide bonds. The lowest BCUT2D eigenvalue weighted by molar-refractivity contribution is 0.0696. The third kappa shape index (κ3) is 2.78. The van der Waals surface area contributed by atoms with Crippen molar-refractivity contribution in [1.29, 1.82) is 0 Å². The molecular weight excluding hydrogens is 242 g/mol. The molecule has 0 saturated carbocycles. The number of nitrogens with one attached hydrogen (secondary N) is 1. The Morgan fingerprint density at radius 3 is 2.74 bits per heavy atom. The first-order valence-corrected chi connectivity index (χ1v) is 6.26. The first kappa shape index (κ1) is 13.2. The Morgan fingerprint density at radius 1 is 1.37 bits per heavy atom. The fourth-order valence-electron chi connectivity index (χ4n) is 2.08. The van der Waals surface area contributed by atoms with Gasteiger partial charge in [-0.2, -0.15) is 0 Å². The van der Waals surface area contributed by atoms with Gasteiger partial charge < -0.3 is 14.8 Å². The molecule has 0 fully saturated rings. The van der Waals surface area contributed by atoms with Gasteiger partial charge in [0.05, 0.1) is 17.9 Å². The van der Waals surface area contributed by atoms with Crippen LogP contribution in [0.2, 0.25) is 0 Å². The molecule has 4 nitrogen and oxygen atoms in total. The number of carbonyl (C=O) groups is 1. The molecular formula is C15H17NO3. The zero-order valence-corrected chi connectivity index (χ0v) is 11.0. The van der Waals surface area contributed by atoms with Crippen molar-refractivity contribution in [3.63, 3.8) is 0 Å². The predicted octanol–water partition coefficient (Wildman–Crippen LogP) is 3.85. The number of anilines is 1. The maximum atomic E-state index is 11.1. The third-order valence-corrected chi connectivity index (χ3v) is 3.19. The van der Waals surface area contributed by atoms with Gasteiger partial charge in [0.1, 0.15) is 5.76 Å². The summed E-state index contributed by atoms with van der Waals surface area (Å²) in [5.74, 6) is -0.0603.